The van der Waals surface area contributed by atoms with Crippen LogP contribution in [0.25, 0.3) is 0 Å². The SMILES string of the molecule is CCc1ccc(NS(=O)(=O)c2ccccc2CNC)cc1. The summed E-state index contributed by atoms with van der Waals surface area (Å²) >= 11 is 0. The third-order valence-electron chi connectivity index (χ3n) is 3.24. The third kappa shape index (κ3) is 3.83. The van der Waals surface area contributed by atoms with Crippen LogP contribution in [0.2, 0.25) is 0 Å². The first kappa shape index (κ1) is 15.5. The molecule has 2 N–H and O–H groups in total. The first-order chi connectivity index (χ1) is 10.1. The van der Waals surface area contributed by atoms with Crippen LogP contribution in [0, 0.1) is 0 Å². The zero-order chi connectivity index (χ0) is 15.3. The number of sulfonamides is 1. The molecule has 0 aliphatic heterocycles. The summed E-state index contributed by atoms with van der Waals surface area (Å²) in [5.41, 5.74) is 2.50. The van der Waals surface area contributed by atoms with Gasteiger partial charge in [0, 0.05) is 12.2 Å². The van der Waals surface area contributed by atoms with Gasteiger partial charge in [0.2, 0.25) is 0 Å². The van der Waals surface area contributed by atoms with Gasteiger partial charge in [0.1, 0.15) is 0 Å². The maximum absolute atomic E-state index is 12.5. The highest BCUT2D eigenvalue weighted by atomic mass is 32.2. The van der Waals surface area contributed by atoms with Crippen LogP contribution in [-0.4, -0.2) is 15.5 Å². The fraction of sp³-hybridized carbons (Fsp3) is 0.250. The van der Waals surface area contributed by atoms with Gasteiger partial charge in [-0.25, -0.2) is 8.42 Å². The molecule has 0 fully saturated rings. The fourth-order valence-electron chi connectivity index (χ4n) is 2.12. The highest BCUT2D eigenvalue weighted by molar-refractivity contribution is 7.92. The van der Waals surface area contributed by atoms with Gasteiger partial charge in [-0.3, -0.25) is 4.72 Å². The lowest BCUT2D eigenvalue weighted by Gasteiger charge is -2.12. The lowest BCUT2D eigenvalue weighted by atomic mass is 10.2. The van der Waals surface area contributed by atoms with E-state index in [9.17, 15) is 8.42 Å². The molecule has 5 heteroatoms. The zero-order valence-corrected chi connectivity index (χ0v) is 13.1. The molecule has 0 aromatic heterocycles. The normalized spacial score (nSPS) is 11.3. The molecule has 0 aliphatic carbocycles. The van der Waals surface area contributed by atoms with E-state index >= 15 is 0 Å². The molecule has 0 saturated carbocycles. The number of aryl methyl sites for hydroxylation is 1. The molecule has 0 heterocycles. The number of hydrogen-bond donors (Lipinski definition) is 2. The minimum absolute atomic E-state index is 0.305. The summed E-state index contributed by atoms with van der Waals surface area (Å²) in [6.45, 7) is 2.57. The van der Waals surface area contributed by atoms with Crippen molar-refractivity contribution < 1.29 is 8.42 Å². The Kier molecular flexibility index (Phi) is 4.98. The average molecular weight is 304 g/mol. The third-order valence-corrected chi connectivity index (χ3v) is 4.73. The molecule has 2 aromatic rings. The molecule has 0 atom stereocenters. The average Bonchev–Trinajstić information content (AvgIpc) is 2.48. The van der Waals surface area contributed by atoms with Crippen LogP contribution >= 0.6 is 0 Å². The van der Waals surface area contributed by atoms with Gasteiger partial charge < -0.3 is 5.32 Å². The second-order valence-electron chi connectivity index (χ2n) is 4.79. The predicted molar refractivity (Wildman–Crippen MR) is 85.8 cm³/mol. The quantitative estimate of drug-likeness (QED) is 0.863. The van der Waals surface area contributed by atoms with Crippen LogP contribution in [0.1, 0.15) is 18.1 Å². The monoisotopic (exact) mass is 304 g/mol. The second-order valence-corrected chi connectivity index (χ2v) is 6.44. The molecule has 4 nitrogen and oxygen atoms in total. The van der Waals surface area contributed by atoms with E-state index < -0.39 is 10.0 Å². The van der Waals surface area contributed by atoms with Crippen molar-refractivity contribution in [2.45, 2.75) is 24.8 Å². The van der Waals surface area contributed by atoms with E-state index in [1.807, 2.05) is 24.3 Å². The first-order valence-electron chi connectivity index (χ1n) is 6.91. The maximum Gasteiger partial charge on any atom is 0.262 e. The van der Waals surface area contributed by atoms with Gasteiger partial charge in [-0.2, -0.15) is 0 Å². The highest BCUT2D eigenvalue weighted by Crippen LogP contribution is 2.20. The van der Waals surface area contributed by atoms with E-state index in [-0.39, 0.29) is 0 Å². The standard InChI is InChI=1S/C16H20N2O2S/c1-3-13-8-10-15(11-9-13)18-21(19,20)16-7-5-4-6-14(16)12-17-2/h4-11,17-18H,3,12H2,1-2H3. The summed E-state index contributed by atoms with van der Waals surface area (Å²) in [5, 5.41) is 2.98. The summed E-state index contributed by atoms with van der Waals surface area (Å²) in [4.78, 5) is 0.305. The van der Waals surface area contributed by atoms with Gasteiger partial charge in [0.25, 0.3) is 10.0 Å². The summed E-state index contributed by atoms with van der Waals surface area (Å²) in [7, 11) is -1.78. The Morgan fingerprint density at radius 1 is 1.00 bits per heavy atom. The Labute approximate surface area is 126 Å². The largest absolute Gasteiger partial charge is 0.316 e. The minimum Gasteiger partial charge on any atom is -0.316 e. The Morgan fingerprint density at radius 2 is 1.67 bits per heavy atom. The fourth-order valence-corrected chi connectivity index (χ4v) is 3.42. The van der Waals surface area contributed by atoms with Gasteiger partial charge in [0.15, 0.2) is 0 Å². The van der Waals surface area contributed by atoms with Crippen LogP contribution in [0.3, 0.4) is 0 Å². The molecule has 0 aliphatic rings. The van der Waals surface area contributed by atoms with Crippen molar-refractivity contribution in [3.05, 3.63) is 59.7 Å². The summed E-state index contributed by atoms with van der Waals surface area (Å²) in [6, 6.07) is 14.4. The zero-order valence-electron chi connectivity index (χ0n) is 12.3. The molecule has 0 spiro atoms. The second kappa shape index (κ2) is 6.74. The predicted octanol–water partition coefficient (Wildman–Crippen LogP) is 2.77. The van der Waals surface area contributed by atoms with Crippen LogP contribution in [0.5, 0.6) is 0 Å². The number of anilines is 1. The molecule has 0 radical (unpaired) electrons. The first-order valence-corrected chi connectivity index (χ1v) is 8.39. The van der Waals surface area contributed by atoms with Crippen molar-refractivity contribution in [3.8, 4) is 0 Å². The van der Waals surface area contributed by atoms with Gasteiger partial charge in [0.05, 0.1) is 4.90 Å². The van der Waals surface area contributed by atoms with E-state index in [0.29, 0.717) is 17.1 Å². The molecule has 0 unspecified atom stereocenters. The molecule has 0 amide bonds. The number of benzene rings is 2. The summed E-state index contributed by atoms with van der Waals surface area (Å²) in [5.74, 6) is 0. The Morgan fingerprint density at radius 3 is 2.29 bits per heavy atom. The minimum atomic E-state index is -3.58. The molecule has 21 heavy (non-hydrogen) atoms. The van der Waals surface area contributed by atoms with Crippen LogP contribution in [0.4, 0.5) is 5.69 Å². The van der Waals surface area contributed by atoms with Gasteiger partial charge in [-0.15, -0.1) is 0 Å². The molecule has 2 aromatic carbocycles. The van der Waals surface area contributed by atoms with E-state index in [1.54, 1.807) is 31.3 Å². The van der Waals surface area contributed by atoms with Crippen LogP contribution in [0.15, 0.2) is 53.4 Å². The summed E-state index contributed by atoms with van der Waals surface area (Å²) in [6.07, 6.45) is 0.929. The van der Waals surface area contributed by atoms with E-state index in [4.69, 9.17) is 0 Å². The molecule has 2 rings (SSSR count). The van der Waals surface area contributed by atoms with Crippen molar-refractivity contribution in [2.24, 2.45) is 0 Å². The Bertz CT molecular complexity index is 694. The van der Waals surface area contributed by atoms with Crippen molar-refractivity contribution in [2.75, 3.05) is 11.8 Å². The van der Waals surface area contributed by atoms with Gasteiger partial charge in [-0.05, 0) is 42.8 Å². The van der Waals surface area contributed by atoms with E-state index in [0.717, 1.165) is 12.0 Å². The molecular weight excluding hydrogens is 284 g/mol. The lowest BCUT2D eigenvalue weighted by Crippen LogP contribution is -2.17. The molecule has 0 bridgehead atoms. The lowest BCUT2D eigenvalue weighted by molar-refractivity contribution is 0.599. The van der Waals surface area contributed by atoms with Gasteiger partial charge in [-0.1, -0.05) is 37.3 Å². The number of hydrogen-bond acceptors (Lipinski definition) is 3. The maximum atomic E-state index is 12.5. The van der Waals surface area contributed by atoms with Crippen molar-refractivity contribution in [1.29, 1.82) is 0 Å². The highest BCUT2D eigenvalue weighted by Gasteiger charge is 2.17. The van der Waals surface area contributed by atoms with Crippen molar-refractivity contribution in [1.82, 2.24) is 5.32 Å². The topological polar surface area (TPSA) is 58.2 Å². The van der Waals surface area contributed by atoms with E-state index in [2.05, 4.69) is 17.0 Å². The van der Waals surface area contributed by atoms with Gasteiger partial charge >= 0.3 is 0 Å². The Balaban J connectivity index is 2.29. The van der Waals surface area contributed by atoms with Crippen molar-refractivity contribution in [3.63, 3.8) is 0 Å². The molecule has 112 valence electrons. The smallest absolute Gasteiger partial charge is 0.262 e. The number of rotatable bonds is 6. The van der Waals surface area contributed by atoms with E-state index in [1.165, 1.54) is 5.56 Å². The van der Waals surface area contributed by atoms with Crippen LogP contribution < -0.4 is 10.0 Å². The number of nitrogens with one attached hydrogen (secondary N) is 2. The molecular formula is C16H20N2O2S. The Hall–Kier alpha value is -1.85. The van der Waals surface area contributed by atoms with Crippen LogP contribution in [-0.2, 0) is 23.0 Å². The molecule has 0 saturated heterocycles. The summed E-state index contributed by atoms with van der Waals surface area (Å²) < 4.78 is 27.7. The van der Waals surface area contributed by atoms with Crippen molar-refractivity contribution >= 4 is 15.7 Å².